The minimum Gasteiger partial charge on any atom is -0.497 e. The molecule has 45 heavy (non-hydrogen) atoms. The third-order valence-electron chi connectivity index (χ3n) is 7.47. The first-order valence-electron chi connectivity index (χ1n) is 14.9. The largest absolute Gasteiger partial charge is 0.497 e. The van der Waals surface area contributed by atoms with E-state index in [-0.39, 0.29) is 17.6 Å². The van der Waals surface area contributed by atoms with Crippen LogP contribution in [0.25, 0.3) is 6.08 Å². The number of carbonyl (C=O) groups excluding carboxylic acids is 1. The summed E-state index contributed by atoms with van der Waals surface area (Å²) >= 11 is 1.28. The van der Waals surface area contributed by atoms with Gasteiger partial charge in [-0.15, -0.1) is 0 Å². The number of hydrogen-bond donors (Lipinski definition) is 0. The second-order valence-electron chi connectivity index (χ2n) is 11.6. The first kappa shape index (κ1) is 31.8. The predicted molar refractivity (Wildman–Crippen MR) is 176 cm³/mol. The maximum absolute atomic E-state index is 13.8. The van der Waals surface area contributed by atoms with E-state index in [1.807, 2.05) is 66.7 Å². The number of ether oxygens (including phenoxy) is 4. The number of esters is 1. The fourth-order valence-electron chi connectivity index (χ4n) is 5.07. The van der Waals surface area contributed by atoms with Crippen LogP contribution in [0.1, 0.15) is 57.4 Å². The molecule has 234 valence electrons. The van der Waals surface area contributed by atoms with Crippen LogP contribution >= 0.6 is 11.3 Å². The Labute approximate surface area is 266 Å². The van der Waals surface area contributed by atoms with Gasteiger partial charge in [0.2, 0.25) is 0 Å². The Hall–Kier alpha value is -4.63. The molecule has 8 nitrogen and oxygen atoms in total. The number of methoxy groups -OCH3 is 1. The molecular weight excluding hydrogens is 588 g/mol. The highest BCUT2D eigenvalue weighted by atomic mass is 32.1. The van der Waals surface area contributed by atoms with Gasteiger partial charge in [0, 0.05) is 0 Å². The summed E-state index contributed by atoms with van der Waals surface area (Å²) in [5.74, 6) is 1.69. The molecule has 0 N–H and O–H groups in total. The van der Waals surface area contributed by atoms with E-state index in [1.165, 1.54) is 16.9 Å². The van der Waals surface area contributed by atoms with E-state index in [1.54, 1.807) is 25.5 Å². The number of hydrogen-bond acceptors (Lipinski definition) is 8. The molecule has 5 rings (SSSR count). The van der Waals surface area contributed by atoms with Gasteiger partial charge in [-0.1, -0.05) is 68.5 Å². The number of rotatable bonds is 10. The molecule has 0 saturated heterocycles. The van der Waals surface area contributed by atoms with Crippen molar-refractivity contribution in [1.29, 1.82) is 0 Å². The lowest BCUT2D eigenvalue weighted by Crippen LogP contribution is -2.39. The molecule has 0 radical (unpaired) electrons. The zero-order chi connectivity index (χ0) is 32.1. The Kier molecular flexibility index (Phi) is 9.58. The lowest BCUT2D eigenvalue weighted by atomic mass is 9.87. The van der Waals surface area contributed by atoms with E-state index in [4.69, 9.17) is 18.9 Å². The van der Waals surface area contributed by atoms with Crippen LogP contribution in [0, 0.1) is 0 Å². The zero-order valence-corrected chi connectivity index (χ0v) is 27.3. The average molecular weight is 627 g/mol. The van der Waals surface area contributed by atoms with Crippen molar-refractivity contribution in [2.45, 2.75) is 46.1 Å². The van der Waals surface area contributed by atoms with Crippen LogP contribution in [0.3, 0.4) is 0 Å². The summed E-state index contributed by atoms with van der Waals surface area (Å²) in [5, 5.41) is 0. The van der Waals surface area contributed by atoms with E-state index in [0.29, 0.717) is 45.3 Å². The van der Waals surface area contributed by atoms with Crippen LogP contribution in [0.4, 0.5) is 0 Å². The lowest BCUT2D eigenvalue weighted by molar-refractivity contribution is -0.139. The molecule has 4 aromatic rings. The minimum absolute atomic E-state index is 0.0983. The first-order valence-corrected chi connectivity index (χ1v) is 15.7. The van der Waals surface area contributed by atoms with Gasteiger partial charge in [-0.2, -0.15) is 0 Å². The summed E-state index contributed by atoms with van der Waals surface area (Å²) in [5.41, 5.74) is 3.58. The zero-order valence-electron chi connectivity index (χ0n) is 26.5. The van der Waals surface area contributed by atoms with Gasteiger partial charge < -0.3 is 18.9 Å². The molecule has 3 aromatic carbocycles. The number of allylic oxidation sites excluding steroid dienone is 1. The van der Waals surface area contributed by atoms with Crippen LogP contribution in [-0.4, -0.2) is 37.5 Å². The molecule has 0 fully saturated rings. The van der Waals surface area contributed by atoms with Gasteiger partial charge >= 0.3 is 5.97 Å². The molecule has 1 aromatic heterocycles. The number of carbonyl (C=O) groups is 1. The van der Waals surface area contributed by atoms with Gasteiger partial charge in [-0.3, -0.25) is 9.36 Å². The maximum atomic E-state index is 13.8. The van der Waals surface area contributed by atoms with Gasteiger partial charge in [0.25, 0.3) is 5.56 Å². The van der Waals surface area contributed by atoms with Gasteiger partial charge in [-0.05, 0) is 78.4 Å². The summed E-state index contributed by atoms with van der Waals surface area (Å²) in [6.07, 6.45) is 1.83. The standard InChI is InChI=1S/C36H38N2O6S/c1-7-42-34(40)31-23(2)37-35-38(32(31)25-10-16-27(41-6)17-11-25)33(39)30(45-35)22-24-8-14-28(15-9-24)43-20-21-44-29-18-12-26(13-19-29)36(3,4)5/h8-19,22,32H,7,20-21H2,1-6H3/b30-22-/t32-/m1/s1. The number of fused-ring (bicyclic) bond motifs is 1. The van der Waals surface area contributed by atoms with Crippen LogP contribution in [0.2, 0.25) is 0 Å². The molecule has 0 amide bonds. The van der Waals surface area contributed by atoms with Crippen molar-refractivity contribution in [1.82, 2.24) is 4.57 Å². The van der Waals surface area contributed by atoms with E-state index in [0.717, 1.165) is 16.9 Å². The van der Waals surface area contributed by atoms with Crippen molar-refractivity contribution in [3.8, 4) is 17.2 Å². The highest BCUT2D eigenvalue weighted by Gasteiger charge is 2.33. The van der Waals surface area contributed by atoms with Crippen LogP contribution in [0.5, 0.6) is 17.2 Å². The Bertz CT molecular complexity index is 1860. The topological polar surface area (TPSA) is 88.4 Å². The Morgan fingerprint density at radius 1 is 0.911 bits per heavy atom. The molecule has 0 aliphatic carbocycles. The smallest absolute Gasteiger partial charge is 0.338 e. The fraction of sp³-hybridized carbons (Fsp3) is 0.306. The van der Waals surface area contributed by atoms with E-state index >= 15 is 0 Å². The third kappa shape index (κ3) is 7.20. The van der Waals surface area contributed by atoms with E-state index in [9.17, 15) is 9.59 Å². The molecule has 0 saturated carbocycles. The average Bonchev–Trinajstić information content (AvgIpc) is 3.33. The van der Waals surface area contributed by atoms with Crippen LogP contribution in [-0.2, 0) is 14.9 Å². The number of nitrogens with zero attached hydrogens (tertiary/aromatic N) is 2. The van der Waals surface area contributed by atoms with Crippen molar-refractivity contribution in [2.75, 3.05) is 26.9 Å². The van der Waals surface area contributed by atoms with Gasteiger partial charge in [0.05, 0.1) is 35.6 Å². The summed E-state index contributed by atoms with van der Waals surface area (Å²) < 4.78 is 24.5. The van der Waals surface area contributed by atoms with Gasteiger partial charge in [-0.25, -0.2) is 9.79 Å². The van der Waals surface area contributed by atoms with Crippen LogP contribution in [0.15, 0.2) is 93.9 Å². The van der Waals surface area contributed by atoms with Crippen molar-refractivity contribution in [3.63, 3.8) is 0 Å². The highest BCUT2D eigenvalue weighted by molar-refractivity contribution is 7.07. The molecule has 0 spiro atoms. The number of aromatic nitrogens is 1. The van der Waals surface area contributed by atoms with Gasteiger partial charge in [0.15, 0.2) is 4.80 Å². The van der Waals surface area contributed by atoms with Crippen molar-refractivity contribution >= 4 is 23.4 Å². The molecular formula is C36H38N2O6S. The van der Waals surface area contributed by atoms with Crippen LogP contribution < -0.4 is 29.1 Å². The normalized spacial score (nSPS) is 14.9. The third-order valence-corrected chi connectivity index (χ3v) is 8.45. The summed E-state index contributed by atoms with van der Waals surface area (Å²) in [4.78, 5) is 32.1. The van der Waals surface area contributed by atoms with E-state index < -0.39 is 12.0 Å². The van der Waals surface area contributed by atoms with Crippen molar-refractivity contribution in [3.05, 3.63) is 120 Å². The quantitative estimate of drug-likeness (QED) is 0.169. The molecule has 0 bridgehead atoms. The second-order valence-corrected chi connectivity index (χ2v) is 12.6. The molecule has 0 unspecified atom stereocenters. The molecule has 9 heteroatoms. The molecule has 1 aliphatic heterocycles. The van der Waals surface area contributed by atoms with Gasteiger partial charge in [0.1, 0.15) is 30.5 Å². The summed E-state index contributed by atoms with van der Waals surface area (Å²) in [6.45, 7) is 11.1. The monoisotopic (exact) mass is 626 g/mol. The Morgan fingerprint density at radius 2 is 1.49 bits per heavy atom. The second kappa shape index (κ2) is 13.6. The Balaban J connectivity index is 1.33. The summed E-state index contributed by atoms with van der Waals surface area (Å²) in [7, 11) is 1.59. The van der Waals surface area contributed by atoms with Crippen molar-refractivity contribution in [2.24, 2.45) is 4.99 Å². The lowest BCUT2D eigenvalue weighted by Gasteiger charge is -2.24. The number of benzene rings is 3. The Morgan fingerprint density at radius 3 is 2.04 bits per heavy atom. The minimum atomic E-state index is -0.678. The fourth-order valence-corrected chi connectivity index (χ4v) is 6.12. The van der Waals surface area contributed by atoms with E-state index in [2.05, 4.69) is 37.9 Å². The predicted octanol–water partition coefficient (Wildman–Crippen LogP) is 5.56. The first-order chi connectivity index (χ1) is 21.6. The van der Waals surface area contributed by atoms with Crippen molar-refractivity contribution < 1.29 is 23.7 Å². The molecule has 2 heterocycles. The SMILES string of the molecule is CCOC(=O)C1=C(C)N=c2s/c(=C\c3ccc(OCCOc4ccc(C(C)(C)C)cc4)cc3)c(=O)n2[C@@H]1c1ccc(OC)cc1. The highest BCUT2D eigenvalue weighted by Crippen LogP contribution is 2.31. The summed E-state index contributed by atoms with van der Waals surface area (Å²) in [6, 6.07) is 22.3. The number of thiazole rings is 1. The molecule has 1 atom stereocenters. The maximum Gasteiger partial charge on any atom is 0.338 e. The molecule has 1 aliphatic rings.